The Balaban J connectivity index is 1.79. The fourth-order valence-corrected chi connectivity index (χ4v) is 3.52. The van der Waals surface area contributed by atoms with E-state index in [0.717, 1.165) is 27.6 Å². The Bertz CT molecular complexity index is 787. The van der Waals surface area contributed by atoms with Gasteiger partial charge < -0.3 is 14.4 Å². The van der Waals surface area contributed by atoms with Crippen LogP contribution in [0.15, 0.2) is 34.8 Å². The average molecular weight is 404 g/mol. The highest BCUT2D eigenvalue weighted by molar-refractivity contribution is 9.10. The average Bonchev–Trinajstić information content (AvgIpc) is 2.91. The number of nitrogens with zero attached hydrogens (tertiary/aromatic N) is 1. The van der Waals surface area contributed by atoms with Crippen LogP contribution in [0.1, 0.15) is 32.6 Å². The summed E-state index contributed by atoms with van der Waals surface area (Å²) < 4.78 is 11.6. The highest BCUT2D eigenvalue weighted by Crippen LogP contribution is 2.39. The Morgan fingerprint density at radius 3 is 2.60 bits per heavy atom. The van der Waals surface area contributed by atoms with Crippen molar-refractivity contribution >= 4 is 21.8 Å². The minimum atomic E-state index is 0.0694. The van der Waals surface area contributed by atoms with Gasteiger partial charge in [-0.25, -0.2) is 0 Å². The summed E-state index contributed by atoms with van der Waals surface area (Å²) in [5.74, 6) is 0.781. The lowest BCUT2D eigenvalue weighted by Gasteiger charge is -2.16. The fourth-order valence-electron chi connectivity index (χ4n) is 3.05. The number of ether oxygens (including phenoxy) is 2. The van der Waals surface area contributed by atoms with Crippen molar-refractivity contribution in [2.75, 3.05) is 20.4 Å². The van der Waals surface area contributed by atoms with Crippen LogP contribution in [-0.2, 0) is 17.7 Å². The highest BCUT2D eigenvalue weighted by atomic mass is 79.9. The van der Waals surface area contributed by atoms with Crippen LogP contribution in [-0.4, -0.2) is 31.3 Å². The molecule has 0 bridgehead atoms. The van der Waals surface area contributed by atoms with Gasteiger partial charge in [-0.15, -0.1) is 0 Å². The molecule has 4 nitrogen and oxygen atoms in total. The Labute approximate surface area is 156 Å². The molecule has 0 radical (unpaired) electrons. The lowest BCUT2D eigenvalue weighted by molar-refractivity contribution is 0.0496. The summed E-state index contributed by atoms with van der Waals surface area (Å²) in [4.78, 5) is 14.7. The van der Waals surface area contributed by atoms with E-state index in [9.17, 15) is 4.79 Å². The molecule has 132 valence electrons. The molecule has 0 spiro atoms. The van der Waals surface area contributed by atoms with Crippen molar-refractivity contribution in [1.82, 2.24) is 4.90 Å². The van der Waals surface area contributed by atoms with Gasteiger partial charge in [0.25, 0.3) is 5.91 Å². The third-order valence-electron chi connectivity index (χ3n) is 4.48. The van der Waals surface area contributed by atoms with E-state index < -0.39 is 0 Å². The van der Waals surface area contributed by atoms with Crippen molar-refractivity contribution in [3.05, 3.63) is 62.6 Å². The number of benzene rings is 2. The molecule has 0 saturated heterocycles. The zero-order valence-corrected chi connectivity index (χ0v) is 16.4. The van der Waals surface area contributed by atoms with Gasteiger partial charge in [-0.3, -0.25) is 4.79 Å². The van der Waals surface area contributed by atoms with Gasteiger partial charge in [0.2, 0.25) is 0 Å². The molecule has 2 aromatic rings. The largest absolute Gasteiger partial charge is 0.466 e. The number of halogens is 1. The minimum absolute atomic E-state index is 0.0694. The topological polar surface area (TPSA) is 38.8 Å². The van der Waals surface area contributed by atoms with Crippen LogP contribution in [0.3, 0.4) is 0 Å². The maximum Gasteiger partial charge on any atom is 0.254 e. The second-order valence-corrected chi connectivity index (χ2v) is 7.17. The van der Waals surface area contributed by atoms with Gasteiger partial charge in [-0.05, 0) is 53.4 Å². The van der Waals surface area contributed by atoms with Crippen LogP contribution < -0.4 is 4.74 Å². The predicted octanol–water partition coefficient (Wildman–Crippen LogP) is 4.25. The summed E-state index contributed by atoms with van der Waals surface area (Å²) in [5.41, 5.74) is 5.13. The normalized spacial score (nSPS) is 13.3. The number of hydrogen-bond donors (Lipinski definition) is 0. The summed E-state index contributed by atoms with van der Waals surface area (Å²) in [6.07, 6.45) is 0.842. The second kappa shape index (κ2) is 7.58. The molecule has 1 amide bonds. The first-order valence-electron chi connectivity index (χ1n) is 8.29. The predicted molar refractivity (Wildman–Crippen MR) is 101 cm³/mol. The fraction of sp³-hybridized carbons (Fsp3) is 0.350. The Morgan fingerprint density at radius 2 is 1.92 bits per heavy atom. The second-order valence-electron chi connectivity index (χ2n) is 6.38. The van der Waals surface area contributed by atoms with Crippen LogP contribution in [0.2, 0.25) is 0 Å². The molecular formula is C20H22BrNO3. The molecule has 2 aromatic carbocycles. The molecular weight excluding hydrogens is 382 g/mol. The summed E-state index contributed by atoms with van der Waals surface area (Å²) in [5, 5.41) is 0. The van der Waals surface area contributed by atoms with E-state index in [-0.39, 0.29) is 12.7 Å². The van der Waals surface area contributed by atoms with Gasteiger partial charge in [0.15, 0.2) is 6.79 Å². The van der Waals surface area contributed by atoms with Crippen molar-refractivity contribution in [1.29, 1.82) is 0 Å². The molecule has 0 N–H and O–H groups in total. The van der Waals surface area contributed by atoms with Gasteiger partial charge in [-0.1, -0.05) is 29.8 Å². The van der Waals surface area contributed by atoms with Gasteiger partial charge in [0, 0.05) is 24.8 Å². The molecule has 1 aliphatic heterocycles. The van der Waals surface area contributed by atoms with Crippen LogP contribution in [0.4, 0.5) is 0 Å². The smallest absolute Gasteiger partial charge is 0.254 e. The first-order chi connectivity index (χ1) is 12.0. The van der Waals surface area contributed by atoms with E-state index in [0.29, 0.717) is 18.8 Å². The SMILES string of the molecule is COCOc1c(Br)c(C)cc2c1CN(CCc1ccc(C)cc1)C2=O. The Kier molecular flexibility index (Phi) is 5.45. The summed E-state index contributed by atoms with van der Waals surface area (Å²) in [6.45, 7) is 5.46. The molecule has 0 fully saturated rings. The first-order valence-corrected chi connectivity index (χ1v) is 9.09. The summed E-state index contributed by atoms with van der Waals surface area (Å²) in [6, 6.07) is 10.4. The number of amides is 1. The maximum absolute atomic E-state index is 12.8. The molecule has 3 rings (SSSR count). The minimum Gasteiger partial charge on any atom is -0.466 e. The van der Waals surface area contributed by atoms with Gasteiger partial charge in [0.05, 0.1) is 11.0 Å². The van der Waals surface area contributed by atoms with Gasteiger partial charge >= 0.3 is 0 Å². The zero-order valence-electron chi connectivity index (χ0n) is 14.8. The standard InChI is InChI=1S/C20H22BrNO3/c1-13-4-6-15(7-5-13)8-9-22-11-17-16(20(22)23)10-14(2)18(21)19(17)25-12-24-3/h4-7,10H,8-9,11-12H2,1-3H3. The molecule has 1 heterocycles. The van der Waals surface area contributed by atoms with Crippen LogP contribution in [0, 0.1) is 13.8 Å². The van der Waals surface area contributed by atoms with E-state index >= 15 is 0 Å². The van der Waals surface area contributed by atoms with Crippen molar-refractivity contribution in [3.8, 4) is 5.75 Å². The van der Waals surface area contributed by atoms with E-state index in [4.69, 9.17) is 9.47 Å². The Hall–Kier alpha value is -1.85. The number of methoxy groups -OCH3 is 1. The van der Waals surface area contributed by atoms with Gasteiger partial charge in [0.1, 0.15) is 5.75 Å². The first kappa shape index (κ1) is 18.0. The van der Waals surface area contributed by atoms with E-state index in [1.165, 1.54) is 11.1 Å². The van der Waals surface area contributed by atoms with Crippen LogP contribution in [0.5, 0.6) is 5.75 Å². The number of carbonyl (C=O) groups excluding carboxylic acids is 1. The van der Waals surface area contributed by atoms with Crippen molar-refractivity contribution in [3.63, 3.8) is 0 Å². The summed E-state index contributed by atoms with van der Waals surface area (Å²) >= 11 is 3.58. The molecule has 25 heavy (non-hydrogen) atoms. The lowest BCUT2D eigenvalue weighted by Crippen LogP contribution is -2.26. The number of rotatable bonds is 6. The molecule has 0 atom stereocenters. The van der Waals surface area contributed by atoms with E-state index in [1.54, 1.807) is 7.11 Å². The van der Waals surface area contributed by atoms with E-state index in [2.05, 4.69) is 47.1 Å². The van der Waals surface area contributed by atoms with Crippen molar-refractivity contribution < 1.29 is 14.3 Å². The molecule has 0 aromatic heterocycles. The van der Waals surface area contributed by atoms with Crippen molar-refractivity contribution in [2.24, 2.45) is 0 Å². The third kappa shape index (κ3) is 3.72. The third-order valence-corrected chi connectivity index (χ3v) is 5.47. The molecule has 0 unspecified atom stereocenters. The zero-order chi connectivity index (χ0) is 18.0. The number of hydrogen-bond acceptors (Lipinski definition) is 3. The van der Waals surface area contributed by atoms with Crippen LogP contribution in [0.25, 0.3) is 0 Å². The molecule has 0 aliphatic carbocycles. The van der Waals surface area contributed by atoms with Crippen LogP contribution >= 0.6 is 15.9 Å². The number of fused-ring (bicyclic) bond motifs is 1. The number of aryl methyl sites for hydroxylation is 2. The monoisotopic (exact) mass is 403 g/mol. The lowest BCUT2D eigenvalue weighted by atomic mass is 10.1. The molecule has 0 saturated carbocycles. The quantitative estimate of drug-likeness (QED) is 0.676. The van der Waals surface area contributed by atoms with Gasteiger partial charge in [-0.2, -0.15) is 0 Å². The highest BCUT2D eigenvalue weighted by Gasteiger charge is 2.31. The Morgan fingerprint density at radius 1 is 1.20 bits per heavy atom. The molecule has 5 heteroatoms. The summed E-state index contributed by atoms with van der Waals surface area (Å²) in [7, 11) is 1.59. The molecule has 1 aliphatic rings. The van der Waals surface area contributed by atoms with E-state index in [1.807, 2.05) is 17.9 Å². The maximum atomic E-state index is 12.8. The van der Waals surface area contributed by atoms with Crippen molar-refractivity contribution in [2.45, 2.75) is 26.8 Å². The number of carbonyl (C=O) groups is 1.